The van der Waals surface area contributed by atoms with E-state index in [2.05, 4.69) is 4.98 Å². The predicted octanol–water partition coefficient (Wildman–Crippen LogP) is 3.42. The van der Waals surface area contributed by atoms with Crippen molar-refractivity contribution in [2.45, 2.75) is 0 Å². The van der Waals surface area contributed by atoms with Crippen molar-refractivity contribution in [2.75, 3.05) is 7.11 Å². The van der Waals surface area contributed by atoms with Gasteiger partial charge in [0.05, 0.1) is 7.11 Å². The molecular formula is C18H15NO3. The first-order valence-corrected chi connectivity index (χ1v) is 6.84. The van der Waals surface area contributed by atoms with Gasteiger partial charge in [-0.3, -0.25) is 4.79 Å². The number of hydrogen-bond acceptors (Lipinski definition) is 3. The molecule has 0 aliphatic heterocycles. The summed E-state index contributed by atoms with van der Waals surface area (Å²) in [5.74, 6) is 0.891. The van der Waals surface area contributed by atoms with Crippen LogP contribution in [0.15, 0.2) is 65.5 Å². The van der Waals surface area contributed by atoms with Crippen molar-refractivity contribution in [3.63, 3.8) is 0 Å². The van der Waals surface area contributed by atoms with Crippen molar-refractivity contribution < 1.29 is 9.84 Å². The Labute approximate surface area is 127 Å². The smallest absolute Gasteiger partial charge is 0.249 e. The van der Waals surface area contributed by atoms with E-state index in [-0.39, 0.29) is 11.3 Å². The zero-order valence-corrected chi connectivity index (χ0v) is 12.0. The van der Waals surface area contributed by atoms with Crippen LogP contribution in [0.25, 0.3) is 22.4 Å². The molecule has 22 heavy (non-hydrogen) atoms. The molecule has 0 amide bonds. The molecule has 0 unspecified atom stereocenters. The minimum atomic E-state index is -0.196. The van der Waals surface area contributed by atoms with E-state index in [1.165, 1.54) is 6.07 Å². The highest BCUT2D eigenvalue weighted by Crippen LogP contribution is 2.27. The highest BCUT2D eigenvalue weighted by atomic mass is 16.5. The molecule has 0 aliphatic carbocycles. The number of benzene rings is 2. The summed E-state index contributed by atoms with van der Waals surface area (Å²) in [6, 6.07) is 17.7. The molecule has 1 heterocycles. The number of aromatic amines is 1. The van der Waals surface area contributed by atoms with Crippen LogP contribution < -0.4 is 10.3 Å². The van der Waals surface area contributed by atoms with Crippen molar-refractivity contribution in [1.82, 2.24) is 4.98 Å². The van der Waals surface area contributed by atoms with Crippen LogP contribution in [0.5, 0.6) is 11.5 Å². The Morgan fingerprint density at radius 2 is 1.68 bits per heavy atom. The van der Waals surface area contributed by atoms with Crippen LogP contribution in [-0.2, 0) is 0 Å². The minimum Gasteiger partial charge on any atom is -0.508 e. The fourth-order valence-electron chi connectivity index (χ4n) is 2.34. The summed E-state index contributed by atoms with van der Waals surface area (Å²) in [5.41, 5.74) is 2.90. The molecule has 4 nitrogen and oxygen atoms in total. The van der Waals surface area contributed by atoms with E-state index >= 15 is 0 Å². The summed E-state index contributed by atoms with van der Waals surface area (Å²) in [6.45, 7) is 0. The summed E-state index contributed by atoms with van der Waals surface area (Å²) in [7, 11) is 1.60. The average Bonchev–Trinajstić information content (AvgIpc) is 2.54. The Morgan fingerprint density at radius 3 is 2.45 bits per heavy atom. The topological polar surface area (TPSA) is 62.3 Å². The molecule has 0 spiro atoms. The zero-order valence-electron chi connectivity index (χ0n) is 12.0. The summed E-state index contributed by atoms with van der Waals surface area (Å²) >= 11 is 0. The first-order valence-electron chi connectivity index (χ1n) is 6.84. The first-order chi connectivity index (χ1) is 10.7. The number of pyridine rings is 1. The standard InChI is InChI=1S/C18H15NO3/c1-22-16-7-3-5-13(9-16)17-10-14(11-18(21)19-17)12-4-2-6-15(20)8-12/h2-11,20H,1H3,(H,19,21). The molecular weight excluding hydrogens is 278 g/mol. The van der Waals surface area contributed by atoms with Crippen LogP contribution in [0.3, 0.4) is 0 Å². The Hall–Kier alpha value is -3.01. The van der Waals surface area contributed by atoms with Gasteiger partial charge in [0.15, 0.2) is 0 Å². The number of nitrogens with one attached hydrogen (secondary N) is 1. The predicted molar refractivity (Wildman–Crippen MR) is 86.2 cm³/mol. The van der Waals surface area contributed by atoms with Crippen LogP contribution in [0.1, 0.15) is 0 Å². The maximum Gasteiger partial charge on any atom is 0.249 e. The molecule has 0 aliphatic rings. The van der Waals surface area contributed by atoms with Crippen molar-refractivity contribution in [1.29, 1.82) is 0 Å². The van der Waals surface area contributed by atoms with Gasteiger partial charge >= 0.3 is 0 Å². The number of aromatic hydroxyl groups is 1. The van der Waals surface area contributed by atoms with Crippen LogP contribution in [-0.4, -0.2) is 17.2 Å². The van der Waals surface area contributed by atoms with Gasteiger partial charge in [-0.15, -0.1) is 0 Å². The molecule has 1 aromatic heterocycles. The Bertz CT molecular complexity index is 868. The van der Waals surface area contributed by atoms with E-state index in [0.29, 0.717) is 5.69 Å². The lowest BCUT2D eigenvalue weighted by Gasteiger charge is -2.07. The Kier molecular flexibility index (Phi) is 3.66. The highest BCUT2D eigenvalue weighted by Gasteiger charge is 2.06. The fraction of sp³-hybridized carbons (Fsp3) is 0.0556. The van der Waals surface area contributed by atoms with Gasteiger partial charge in [-0.25, -0.2) is 0 Å². The van der Waals surface area contributed by atoms with Crippen molar-refractivity contribution in [3.8, 4) is 33.9 Å². The van der Waals surface area contributed by atoms with Crippen LogP contribution in [0.4, 0.5) is 0 Å². The number of phenols is 1. The summed E-state index contributed by atoms with van der Waals surface area (Å²) in [4.78, 5) is 14.8. The third-order valence-electron chi connectivity index (χ3n) is 3.40. The summed E-state index contributed by atoms with van der Waals surface area (Å²) in [6.07, 6.45) is 0. The first kappa shape index (κ1) is 13.9. The third-order valence-corrected chi connectivity index (χ3v) is 3.40. The van der Waals surface area contributed by atoms with Crippen molar-refractivity contribution in [2.24, 2.45) is 0 Å². The molecule has 0 fully saturated rings. The molecule has 0 saturated carbocycles. The Balaban J connectivity index is 2.12. The molecule has 110 valence electrons. The molecule has 0 saturated heterocycles. The molecule has 3 rings (SSSR count). The van der Waals surface area contributed by atoms with Gasteiger partial charge < -0.3 is 14.8 Å². The maximum atomic E-state index is 11.9. The van der Waals surface area contributed by atoms with Crippen LogP contribution in [0.2, 0.25) is 0 Å². The van der Waals surface area contributed by atoms with Gasteiger partial charge in [0.2, 0.25) is 5.56 Å². The number of rotatable bonds is 3. The molecule has 2 N–H and O–H groups in total. The second-order valence-electron chi connectivity index (χ2n) is 4.93. The maximum absolute atomic E-state index is 11.9. The number of phenolic OH excluding ortho intramolecular Hbond substituents is 1. The highest BCUT2D eigenvalue weighted by molar-refractivity contribution is 5.71. The van der Waals surface area contributed by atoms with E-state index in [9.17, 15) is 9.90 Å². The fourth-order valence-corrected chi connectivity index (χ4v) is 2.34. The van der Waals surface area contributed by atoms with Crippen LogP contribution in [0, 0.1) is 0 Å². The molecule has 2 aromatic carbocycles. The number of ether oxygens (including phenoxy) is 1. The Morgan fingerprint density at radius 1 is 0.909 bits per heavy atom. The van der Waals surface area contributed by atoms with E-state index in [4.69, 9.17) is 4.74 Å². The normalized spacial score (nSPS) is 10.4. The quantitative estimate of drug-likeness (QED) is 0.777. The monoisotopic (exact) mass is 293 g/mol. The SMILES string of the molecule is COc1cccc(-c2cc(-c3cccc(O)c3)cc(=O)[nH]2)c1. The molecule has 0 bridgehead atoms. The zero-order chi connectivity index (χ0) is 15.5. The van der Waals surface area contributed by atoms with Gasteiger partial charge in [0.1, 0.15) is 11.5 Å². The largest absolute Gasteiger partial charge is 0.508 e. The van der Waals surface area contributed by atoms with Gasteiger partial charge in [-0.2, -0.15) is 0 Å². The lowest BCUT2D eigenvalue weighted by Crippen LogP contribution is -2.05. The second kappa shape index (κ2) is 5.77. The number of hydrogen-bond donors (Lipinski definition) is 2. The molecule has 4 heteroatoms. The average molecular weight is 293 g/mol. The summed E-state index contributed by atoms with van der Waals surface area (Å²) in [5, 5.41) is 9.60. The van der Waals surface area contributed by atoms with Crippen molar-refractivity contribution >= 4 is 0 Å². The van der Waals surface area contributed by atoms with E-state index in [1.54, 1.807) is 25.3 Å². The molecule has 3 aromatic rings. The second-order valence-corrected chi connectivity index (χ2v) is 4.93. The third kappa shape index (κ3) is 2.86. The summed E-state index contributed by atoms with van der Waals surface area (Å²) < 4.78 is 5.21. The minimum absolute atomic E-state index is 0.167. The lowest BCUT2D eigenvalue weighted by molar-refractivity contribution is 0.415. The van der Waals surface area contributed by atoms with Crippen molar-refractivity contribution in [3.05, 3.63) is 71.0 Å². The van der Waals surface area contributed by atoms with Crippen LogP contribution >= 0.6 is 0 Å². The lowest BCUT2D eigenvalue weighted by atomic mass is 10.0. The van der Waals surface area contributed by atoms with Gasteiger partial charge in [-0.05, 0) is 41.5 Å². The number of methoxy groups -OCH3 is 1. The number of aromatic nitrogens is 1. The van der Waals surface area contributed by atoms with E-state index < -0.39 is 0 Å². The molecule has 0 radical (unpaired) electrons. The molecule has 0 atom stereocenters. The number of H-pyrrole nitrogens is 1. The van der Waals surface area contributed by atoms with Gasteiger partial charge in [0.25, 0.3) is 0 Å². The van der Waals surface area contributed by atoms with Gasteiger partial charge in [-0.1, -0.05) is 24.3 Å². The van der Waals surface area contributed by atoms with Gasteiger partial charge in [0, 0.05) is 17.3 Å². The van der Waals surface area contributed by atoms with E-state index in [0.717, 1.165) is 22.4 Å². The van der Waals surface area contributed by atoms with E-state index in [1.807, 2.05) is 36.4 Å².